The Morgan fingerprint density at radius 2 is 1.91 bits per heavy atom. The third-order valence-electron chi connectivity index (χ3n) is 3.45. The van der Waals surface area contributed by atoms with Crippen molar-refractivity contribution in [1.29, 1.82) is 0 Å². The van der Waals surface area contributed by atoms with Crippen molar-refractivity contribution >= 4 is 29.1 Å². The Hall–Kier alpha value is -1.79. The number of nitrogens with zero attached hydrogens (tertiary/aromatic N) is 1. The molecule has 7 heteroatoms. The molecule has 0 aromatic heterocycles. The second-order valence-corrected chi connectivity index (χ2v) is 5.35. The molecule has 0 saturated heterocycles. The number of rotatable bonds is 8. The van der Waals surface area contributed by atoms with E-state index in [2.05, 4.69) is 29.4 Å². The van der Waals surface area contributed by atoms with Gasteiger partial charge in [0.15, 0.2) is 0 Å². The molecule has 128 valence electrons. The van der Waals surface area contributed by atoms with Gasteiger partial charge in [0.25, 0.3) is 0 Å². The molecule has 0 radical (unpaired) electrons. The molecule has 0 atom stereocenters. The van der Waals surface area contributed by atoms with Gasteiger partial charge in [0.05, 0.1) is 12.1 Å². The lowest BCUT2D eigenvalue weighted by molar-refractivity contribution is -0.136. The molecule has 1 aromatic rings. The summed E-state index contributed by atoms with van der Waals surface area (Å²) < 4.78 is 5.03. The maximum Gasteiger partial charge on any atom is 0.313 e. The zero-order chi connectivity index (χ0) is 17.2. The van der Waals surface area contributed by atoms with E-state index in [1.54, 1.807) is 12.1 Å². The van der Waals surface area contributed by atoms with Gasteiger partial charge in [-0.15, -0.1) is 0 Å². The monoisotopic (exact) mass is 341 g/mol. The molecule has 0 unspecified atom stereocenters. The fraction of sp³-hybridized carbons (Fsp3) is 0.500. The van der Waals surface area contributed by atoms with Crippen LogP contribution in [0.2, 0.25) is 5.02 Å². The van der Waals surface area contributed by atoms with Crippen molar-refractivity contribution in [2.45, 2.75) is 20.3 Å². The van der Waals surface area contributed by atoms with Gasteiger partial charge in [0.2, 0.25) is 0 Å². The highest BCUT2D eigenvalue weighted by Crippen LogP contribution is 2.27. The molecule has 0 aliphatic heterocycles. The topological polar surface area (TPSA) is 70.7 Å². The van der Waals surface area contributed by atoms with Crippen LogP contribution in [0.4, 0.5) is 5.69 Å². The SMILES string of the molecule is CCN(CC)CCCNC(=O)C(=O)Nc1ccc(OC)c(Cl)c1. The van der Waals surface area contributed by atoms with E-state index in [9.17, 15) is 9.59 Å². The lowest BCUT2D eigenvalue weighted by Gasteiger charge is -2.17. The van der Waals surface area contributed by atoms with Crippen LogP contribution in [0.15, 0.2) is 18.2 Å². The van der Waals surface area contributed by atoms with E-state index >= 15 is 0 Å². The Bertz CT molecular complexity index is 533. The molecule has 6 nitrogen and oxygen atoms in total. The lowest BCUT2D eigenvalue weighted by atomic mass is 10.3. The molecule has 0 aliphatic rings. The van der Waals surface area contributed by atoms with Gasteiger partial charge >= 0.3 is 11.8 Å². The number of anilines is 1. The molecule has 0 heterocycles. The molecule has 0 bridgehead atoms. The van der Waals surface area contributed by atoms with Crippen molar-refractivity contribution in [2.75, 3.05) is 38.6 Å². The molecule has 0 aliphatic carbocycles. The third kappa shape index (κ3) is 6.46. The molecular formula is C16H24ClN3O3. The van der Waals surface area contributed by atoms with Gasteiger partial charge in [-0.2, -0.15) is 0 Å². The number of ether oxygens (including phenoxy) is 1. The number of methoxy groups -OCH3 is 1. The van der Waals surface area contributed by atoms with Crippen LogP contribution >= 0.6 is 11.6 Å². The summed E-state index contributed by atoms with van der Waals surface area (Å²) in [6.45, 7) is 7.49. The smallest absolute Gasteiger partial charge is 0.313 e. The first kappa shape index (κ1) is 19.3. The summed E-state index contributed by atoms with van der Waals surface area (Å²) in [5.74, 6) is -0.865. The maximum absolute atomic E-state index is 11.8. The Labute approximate surface area is 142 Å². The van der Waals surface area contributed by atoms with Crippen molar-refractivity contribution in [1.82, 2.24) is 10.2 Å². The minimum absolute atomic E-state index is 0.366. The van der Waals surface area contributed by atoms with E-state index in [0.717, 1.165) is 26.1 Å². The first-order valence-corrected chi connectivity index (χ1v) is 8.04. The number of carbonyl (C=O) groups excluding carboxylic acids is 2. The summed E-state index contributed by atoms with van der Waals surface area (Å²) in [5, 5.41) is 5.48. The Morgan fingerprint density at radius 3 is 2.48 bits per heavy atom. The van der Waals surface area contributed by atoms with Crippen LogP contribution in [0.25, 0.3) is 0 Å². The van der Waals surface area contributed by atoms with Crippen LogP contribution in [0.5, 0.6) is 5.75 Å². The normalized spacial score (nSPS) is 10.5. The van der Waals surface area contributed by atoms with Gasteiger partial charge in [-0.25, -0.2) is 0 Å². The number of nitrogens with one attached hydrogen (secondary N) is 2. The van der Waals surface area contributed by atoms with E-state index < -0.39 is 11.8 Å². The van der Waals surface area contributed by atoms with E-state index in [1.165, 1.54) is 13.2 Å². The molecular weight excluding hydrogens is 318 g/mol. The van der Waals surface area contributed by atoms with Crippen LogP contribution < -0.4 is 15.4 Å². The zero-order valence-electron chi connectivity index (χ0n) is 13.8. The molecule has 2 amide bonds. The van der Waals surface area contributed by atoms with Gasteiger partial charge < -0.3 is 20.3 Å². The van der Waals surface area contributed by atoms with Crippen molar-refractivity contribution in [2.24, 2.45) is 0 Å². The predicted molar refractivity (Wildman–Crippen MR) is 92.0 cm³/mol. The van der Waals surface area contributed by atoms with Crippen molar-refractivity contribution in [3.63, 3.8) is 0 Å². The highest BCUT2D eigenvalue weighted by atomic mass is 35.5. The first-order valence-electron chi connectivity index (χ1n) is 7.66. The van der Waals surface area contributed by atoms with E-state index in [-0.39, 0.29) is 0 Å². The number of benzene rings is 1. The molecule has 1 rings (SSSR count). The minimum atomic E-state index is -0.714. The van der Waals surface area contributed by atoms with Crippen LogP contribution in [-0.2, 0) is 9.59 Å². The third-order valence-corrected chi connectivity index (χ3v) is 3.74. The van der Waals surface area contributed by atoms with E-state index in [1.807, 2.05) is 0 Å². The molecule has 23 heavy (non-hydrogen) atoms. The van der Waals surface area contributed by atoms with Gasteiger partial charge in [-0.05, 0) is 44.3 Å². The number of amides is 2. The summed E-state index contributed by atoms with van der Waals surface area (Å²) in [7, 11) is 1.51. The molecule has 0 saturated carbocycles. The minimum Gasteiger partial charge on any atom is -0.495 e. The van der Waals surface area contributed by atoms with Crippen LogP contribution in [0, 0.1) is 0 Å². The predicted octanol–water partition coefficient (Wildman–Crippen LogP) is 2.14. The second kappa shape index (κ2) is 10.1. The molecule has 0 spiro atoms. The highest BCUT2D eigenvalue weighted by molar-refractivity contribution is 6.40. The molecule has 1 aromatic carbocycles. The fourth-order valence-corrected chi connectivity index (χ4v) is 2.31. The summed E-state index contributed by atoms with van der Waals surface area (Å²) >= 11 is 5.97. The quantitative estimate of drug-likeness (QED) is 0.561. The zero-order valence-corrected chi connectivity index (χ0v) is 14.6. The van der Waals surface area contributed by atoms with Crippen molar-refractivity contribution < 1.29 is 14.3 Å². The van der Waals surface area contributed by atoms with Gasteiger partial charge in [-0.3, -0.25) is 9.59 Å². The number of hydrogen-bond donors (Lipinski definition) is 2. The standard InChI is InChI=1S/C16H24ClN3O3/c1-4-20(5-2)10-6-9-18-15(21)16(22)19-12-7-8-14(23-3)13(17)11-12/h7-8,11H,4-6,9-10H2,1-3H3,(H,18,21)(H,19,22). The van der Waals surface area contributed by atoms with Crippen molar-refractivity contribution in [3.8, 4) is 5.75 Å². The number of halogens is 1. The average Bonchev–Trinajstić information content (AvgIpc) is 2.55. The lowest BCUT2D eigenvalue weighted by Crippen LogP contribution is -2.37. The average molecular weight is 342 g/mol. The van der Waals surface area contributed by atoms with E-state index in [4.69, 9.17) is 16.3 Å². The number of carbonyl (C=O) groups is 2. The van der Waals surface area contributed by atoms with Gasteiger partial charge in [0, 0.05) is 12.2 Å². The molecule has 2 N–H and O–H groups in total. The van der Waals surface area contributed by atoms with Crippen LogP contribution in [0.1, 0.15) is 20.3 Å². The van der Waals surface area contributed by atoms with Crippen molar-refractivity contribution in [3.05, 3.63) is 23.2 Å². The fourth-order valence-electron chi connectivity index (χ4n) is 2.06. The van der Waals surface area contributed by atoms with Crippen LogP contribution in [-0.4, -0.2) is 50.0 Å². The Balaban J connectivity index is 2.39. The highest BCUT2D eigenvalue weighted by Gasteiger charge is 2.14. The molecule has 0 fully saturated rings. The second-order valence-electron chi connectivity index (χ2n) is 4.94. The van der Waals surface area contributed by atoms with Gasteiger partial charge in [0.1, 0.15) is 5.75 Å². The number of hydrogen-bond acceptors (Lipinski definition) is 4. The first-order chi connectivity index (χ1) is 11.0. The van der Waals surface area contributed by atoms with Gasteiger partial charge in [-0.1, -0.05) is 25.4 Å². The Kier molecular flexibility index (Phi) is 8.43. The summed E-state index contributed by atoms with van der Waals surface area (Å²) in [6, 6.07) is 4.78. The summed E-state index contributed by atoms with van der Waals surface area (Å²) in [5.41, 5.74) is 0.444. The summed E-state index contributed by atoms with van der Waals surface area (Å²) in [4.78, 5) is 25.8. The Morgan fingerprint density at radius 1 is 1.22 bits per heavy atom. The van der Waals surface area contributed by atoms with Crippen LogP contribution in [0.3, 0.4) is 0 Å². The largest absolute Gasteiger partial charge is 0.495 e. The van der Waals surface area contributed by atoms with E-state index in [0.29, 0.717) is 23.0 Å². The maximum atomic E-state index is 11.8. The summed E-state index contributed by atoms with van der Waals surface area (Å²) in [6.07, 6.45) is 0.801.